The number of carbonyl (C=O) groups is 1. The van der Waals surface area contributed by atoms with E-state index in [-0.39, 0.29) is 11.9 Å². The molecule has 0 radical (unpaired) electrons. The molecule has 3 aromatic rings. The summed E-state index contributed by atoms with van der Waals surface area (Å²) in [6.07, 6.45) is 0. The van der Waals surface area contributed by atoms with E-state index < -0.39 is 0 Å². The molecule has 5 heteroatoms. The third-order valence-electron chi connectivity index (χ3n) is 4.78. The zero-order chi connectivity index (χ0) is 20.1. The second kappa shape index (κ2) is 8.69. The summed E-state index contributed by atoms with van der Waals surface area (Å²) in [6, 6.07) is 22.7. The zero-order valence-electron chi connectivity index (χ0n) is 16.3. The molecule has 0 saturated carbocycles. The van der Waals surface area contributed by atoms with Crippen LogP contribution in [-0.2, 0) is 6.61 Å². The summed E-state index contributed by atoms with van der Waals surface area (Å²) in [5, 5.41) is 3.04. The van der Waals surface area contributed by atoms with E-state index in [2.05, 4.69) is 5.32 Å². The molecule has 4 rings (SSSR count). The van der Waals surface area contributed by atoms with Gasteiger partial charge in [-0.25, -0.2) is 0 Å². The smallest absolute Gasteiger partial charge is 0.255 e. The van der Waals surface area contributed by atoms with Crippen LogP contribution < -0.4 is 19.5 Å². The van der Waals surface area contributed by atoms with Crippen LogP contribution in [0.5, 0.6) is 17.2 Å². The minimum atomic E-state index is -0.194. The molecule has 1 amide bonds. The lowest BCUT2D eigenvalue weighted by molar-refractivity contribution is 0.0935. The van der Waals surface area contributed by atoms with E-state index in [9.17, 15) is 4.79 Å². The Bertz CT molecular complexity index is 987. The van der Waals surface area contributed by atoms with E-state index >= 15 is 0 Å². The number of rotatable bonds is 6. The van der Waals surface area contributed by atoms with E-state index in [1.807, 2.05) is 73.7 Å². The van der Waals surface area contributed by atoms with Gasteiger partial charge >= 0.3 is 0 Å². The minimum Gasteiger partial charge on any atom is -0.488 e. The predicted molar refractivity (Wildman–Crippen MR) is 111 cm³/mol. The van der Waals surface area contributed by atoms with E-state index in [0.29, 0.717) is 36.9 Å². The Kier molecular flexibility index (Phi) is 5.66. The molecule has 0 aliphatic carbocycles. The van der Waals surface area contributed by atoms with E-state index in [0.717, 1.165) is 16.9 Å². The first kappa shape index (κ1) is 18.9. The van der Waals surface area contributed by atoms with Crippen molar-refractivity contribution in [3.63, 3.8) is 0 Å². The van der Waals surface area contributed by atoms with Crippen LogP contribution in [0.2, 0.25) is 0 Å². The van der Waals surface area contributed by atoms with Gasteiger partial charge in [-0.2, -0.15) is 0 Å². The molecular formula is C24H23NO4. The van der Waals surface area contributed by atoms with Gasteiger partial charge in [0.15, 0.2) is 11.5 Å². The van der Waals surface area contributed by atoms with Crippen molar-refractivity contribution in [2.45, 2.75) is 19.6 Å². The van der Waals surface area contributed by atoms with Crippen LogP contribution in [-0.4, -0.2) is 19.1 Å². The fourth-order valence-electron chi connectivity index (χ4n) is 3.20. The third-order valence-corrected chi connectivity index (χ3v) is 4.78. The van der Waals surface area contributed by atoms with Crippen LogP contribution in [0.4, 0.5) is 0 Å². The number of carbonyl (C=O) groups excluding carboxylic acids is 1. The zero-order valence-corrected chi connectivity index (χ0v) is 16.3. The Morgan fingerprint density at radius 1 is 0.966 bits per heavy atom. The molecule has 29 heavy (non-hydrogen) atoms. The largest absolute Gasteiger partial charge is 0.488 e. The molecule has 0 fully saturated rings. The lowest BCUT2D eigenvalue weighted by atomic mass is 10.1. The van der Waals surface area contributed by atoms with E-state index in [1.54, 1.807) is 6.07 Å². The fourth-order valence-corrected chi connectivity index (χ4v) is 3.20. The quantitative estimate of drug-likeness (QED) is 0.673. The molecule has 1 aliphatic heterocycles. The molecule has 1 heterocycles. The number of amides is 1. The number of fused-ring (bicyclic) bond motifs is 1. The number of nitrogens with one attached hydrogen (secondary N) is 1. The maximum Gasteiger partial charge on any atom is 0.255 e. The SMILES string of the molecule is CC(NC(=O)c1ccccc1OCc1ccccc1)c1ccc2c(c1)OCCO2. The highest BCUT2D eigenvalue weighted by molar-refractivity contribution is 5.97. The van der Waals surface area contributed by atoms with Gasteiger partial charge in [0.25, 0.3) is 5.91 Å². The molecule has 0 spiro atoms. The molecule has 1 unspecified atom stereocenters. The summed E-state index contributed by atoms with van der Waals surface area (Å²) in [5.41, 5.74) is 2.51. The third kappa shape index (κ3) is 4.51. The van der Waals surface area contributed by atoms with Gasteiger partial charge < -0.3 is 19.5 Å². The molecule has 0 saturated heterocycles. The average Bonchev–Trinajstić information content (AvgIpc) is 2.78. The number of ether oxygens (including phenoxy) is 3. The van der Waals surface area contributed by atoms with Crippen LogP contribution >= 0.6 is 0 Å². The topological polar surface area (TPSA) is 56.8 Å². The molecule has 5 nitrogen and oxygen atoms in total. The fraction of sp³-hybridized carbons (Fsp3) is 0.208. The molecule has 1 N–H and O–H groups in total. The van der Waals surface area contributed by atoms with Crippen molar-refractivity contribution in [1.29, 1.82) is 0 Å². The number of benzene rings is 3. The monoisotopic (exact) mass is 389 g/mol. The second-order valence-electron chi connectivity index (χ2n) is 6.87. The molecule has 148 valence electrons. The highest BCUT2D eigenvalue weighted by Crippen LogP contribution is 2.32. The van der Waals surface area contributed by atoms with E-state index in [4.69, 9.17) is 14.2 Å². The van der Waals surface area contributed by atoms with Crippen molar-refractivity contribution in [2.75, 3.05) is 13.2 Å². The van der Waals surface area contributed by atoms with Crippen molar-refractivity contribution in [1.82, 2.24) is 5.32 Å². The molecule has 1 atom stereocenters. The lowest BCUT2D eigenvalue weighted by Gasteiger charge is -2.21. The first-order valence-electron chi connectivity index (χ1n) is 9.67. The Labute approximate surface area is 170 Å². The van der Waals surface area contributed by atoms with Crippen molar-refractivity contribution in [3.05, 3.63) is 89.5 Å². The van der Waals surface area contributed by atoms with Gasteiger partial charge in [-0.15, -0.1) is 0 Å². The number of hydrogen-bond donors (Lipinski definition) is 1. The van der Waals surface area contributed by atoms with Crippen LogP contribution in [0.25, 0.3) is 0 Å². The standard InChI is InChI=1S/C24H23NO4/c1-17(19-11-12-22-23(15-19)28-14-13-27-22)25-24(26)20-9-5-6-10-21(20)29-16-18-7-3-2-4-8-18/h2-12,15,17H,13-14,16H2,1H3,(H,25,26). The van der Waals surface area contributed by atoms with Crippen molar-refractivity contribution in [3.8, 4) is 17.2 Å². The van der Waals surface area contributed by atoms with Crippen molar-refractivity contribution in [2.24, 2.45) is 0 Å². The van der Waals surface area contributed by atoms with Gasteiger partial charge in [0.1, 0.15) is 25.6 Å². The Morgan fingerprint density at radius 3 is 2.52 bits per heavy atom. The predicted octanol–water partition coefficient (Wildman–Crippen LogP) is 4.53. The molecular weight excluding hydrogens is 366 g/mol. The highest BCUT2D eigenvalue weighted by Gasteiger charge is 2.18. The van der Waals surface area contributed by atoms with Crippen molar-refractivity contribution >= 4 is 5.91 Å². The Morgan fingerprint density at radius 2 is 1.69 bits per heavy atom. The summed E-state index contributed by atoms with van der Waals surface area (Å²) >= 11 is 0. The van der Waals surface area contributed by atoms with Gasteiger partial charge in [0, 0.05) is 0 Å². The number of hydrogen-bond acceptors (Lipinski definition) is 4. The van der Waals surface area contributed by atoms with Gasteiger partial charge in [-0.1, -0.05) is 48.5 Å². The maximum absolute atomic E-state index is 12.9. The summed E-state index contributed by atoms with van der Waals surface area (Å²) in [6.45, 7) is 3.43. The van der Waals surface area contributed by atoms with Gasteiger partial charge in [0.05, 0.1) is 11.6 Å². The average molecular weight is 389 g/mol. The minimum absolute atomic E-state index is 0.184. The molecule has 0 aromatic heterocycles. The van der Waals surface area contributed by atoms with Gasteiger partial charge in [-0.05, 0) is 42.3 Å². The molecule has 1 aliphatic rings. The van der Waals surface area contributed by atoms with Gasteiger partial charge in [0.2, 0.25) is 0 Å². The van der Waals surface area contributed by atoms with Gasteiger partial charge in [-0.3, -0.25) is 4.79 Å². The van der Waals surface area contributed by atoms with Crippen LogP contribution in [0.3, 0.4) is 0 Å². The van der Waals surface area contributed by atoms with E-state index in [1.165, 1.54) is 0 Å². The summed E-state index contributed by atoms with van der Waals surface area (Å²) < 4.78 is 17.1. The number of para-hydroxylation sites is 1. The van der Waals surface area contributed by atoms with Crippen LogP contribution in [0.15, 0.2) is 72.8 Å². The van der Waals surface area contributed by atoms with Crippen molar-refractivity contribution < 1.29 is 19.0 Å². The lowest BCUT2D eigenvalue weighted by Crippen LogP contribution is -2.27. The maximum atomic E-state index is 12.9. The second-order valence-corrected chi connectivity index (χ2v) is 6.87. The van der Waals surface area contributed by atoms with Crippen LogP contribution in [0.1, 0.15) is 34.5 Å². The highest BCUT2D eigenvalue weighted by atomic mass is 16.6. The normalized spacial score (nSPS) is 13.4. The molecule has 3 aromatic carbocycles. The van der Waals surface area contributed by atoms with Crippen LogP contribution in [0, 0.1) is 0 Å². The first-order chi connectivity index (χ1) is 14.2. The summed E-state index contributed by atoms with van der Waals surface area (Å²) in [4.78, 5) is 12.9. The molecule has 0 bridgehead atoms. The Balaban J connectivity index is 1.45. The first-order valence-corrected chi connectivity index (χ1v) is 9.67. The Hall–Kier alpha value is -3.47. The summed E-state index contributed by atoms with van der Waals surface area (Å²) in [5.74, 6) is 1.82. The summed E-state index contributed by atoms with van der Waals surface area (Å²) in [7, 11) is 0.